The Labute approximate surface area is 148 Å². The van der Waals surface area contributed by atoms with E-state index in [1.165, 1.54) is 0 Å². The Balaban J connectivity index is 1.67. The maximum atomic E-state index is 13.4. The summed E-state index contributed by atoms with van der Waals surface area (Å²) in [6.45, 7) is 4.36. The molecule has 3 aliphatic rings. The van der Waals surface area contributed by atoms with Gasteiger partial charge in [-0.05, 0) is 30.7 Å². The fraction of sp³-hybridized carbons (Fsp3) is 0.300. The molecule has 4 nitrogen and oxygen atoms in total. The van der Waals surface area contributed by atoms with Crippen molar-refractivity contribution in [3.05, 3.63) is 71.8 Å². The fourth-order valence-electron chi connectivity index (χ4n) is 4.34. The summed E-state index contributed by atoms with van der Waals surface area (Å²) in [5.74, 6) is 0.280. The van der Waals surface area contributed by atoms with E-state index in [0.29, 0.717) is 11.4 Å². The number of para-hydroxylation sites is 1. The fourth-order valence-corrected chi connectivity index (χ4v) is 5.90. The lowest BCUT2D eigenvalue weighted by Gasteiger charge is -2.41. The molecule has 3 atom stereocenters. The predicted octanol–water partition coefficient (Wildman–Crippen LogP) is 2.91. The zero-order valence-corrected chi connectivity index (χ0v) is 14.9. The average Bonchev–Trinajstić information content (AvgIpc) is 3.34. The summed E-state index contributed by atoms with van der Waals surface area (Å²) >= 11 is 0. The van der Waals surface area contributed by atoms with Crippen molar-refractivity contribution in [2.45, 2.75) is 23.3 Å². The van der Waals surface area contributed by atoms with Gasteiger partial charge in [-0.15, -0.1) is 0 Å². The normalized spacial score (nSPS) is 29.6. The Hall–Kier alpha value is -2.11. The summed E-state index contributed by atoms with van der Waals surface area (Å²) < 4.78 is 28.4. The number of hydrogen-bond acceptors (Lipinski definition) is 3. The quantitative estimate of drug-likeness (QED) is 0.616. The molecule has 1 saturated heterocycles. The van der Waals surface area contributed by atoms with Crippen molar-refractivity contribution in [3.63, 3.8) is 0 Å². The highest BCUT2D eigenvalue weighted by Gasteiger charge is 2.62. The molecule has 0 saturated carbocycles. The smallest absolute Gasteiger partial charge is 0.264 e. The molecule has 0 amide bonds. The molecule has 0 aromatic heterocycles. The topological polar surface area (TPSA) is 40.4 Å². The first-order chi connectivity index (χ1) is 12.0. The van der Waals surface area contributed by atoms with Crippen LogP contribution in [0.1, 0.15) is 17.0 Å². The van der Waals surface area contributed by atoms with E-state index in [1.807, 2.05) is 37.3 Å². The number of anilines is 1. The van der Waals surface area contributed by atoms with E-state index >= 15 is 0 Å². The summed E-state index contributed by atoms with van der Waals surface area (Å²) in [4.78, 5) is 2.74. The summed E-state index contributed by atoms with van der Waals surface area (Å²) in [6, 6.07) is 15.1. The van der Waals surface area contributed by atoms with Gasteiger partial charge in [-0.2, -0.15) is 0 Å². The number of nitrogens with zero attached hydrogens (tertiary/aromatic N) is 2. The van der Waals surface area contributed by atoms with Crippen molar-refractivity contribution in [3.8, 4) is 0 Å². The van der Waals surface area contributed by atoms with Gasteiger partial charge in [0, 0.05) is 19.0 Å². The molecule has 0 N–H and O–H groups in total. The van der Waals surface area contributed by atoms with Crippen molar-refractivity contribution in [1.82, 2.24) is 4.90 Å². The van der Waals surface area contributed by atoms with Crippen molar-refractivity contribution in [2.75, 3.05) is 23.9 Å². The van der Waals surface area contributed by atoms with Gasteiger partial charge in [0.2, 0.25) is 0 Å². The summed E-state index contributed by atoms with van der Waals surface area (Å²) in [5, 5.41) is 0. The molecule has 3 heterocycles. The van der Waals surface area contributed by atoms with Crippen LogP contribution in [-0.2, 0) is 10.0 Å². The first-order valence-electron chi connectivity index (χ1n) is 8.62. The lowest BCUT2D eigenvalue weighted by atomic mass is 9.80. The van der Waals surface area contributed by atoms with Gasteiger partial charge in [-0.25, -0.2) is 8.42 Å². The molecule has 128 valence electrons. The molecule has 5 rings (SSSR count). The largest absolute Gasteiger partial charge is 0.288 e. The van der Waals surface area contributed by atoms with Crippen LogP contribution >= 0.6 is 0 Å². The van der Waals surface area contributed by atoms with Gasteiger partial charge in [0.05, 0.1) is 22.7 Å². The third kappa shape index (κ3) is 2.06. The Morgan fingerprint density at radius 1 is 1.04 bits per heavy atom. The minimum absolute atomic E-state index is 0.0686. The Morgan fingerprint density at radius 3 is 2.60 bits per heavy atom. The van der Waals surface area contributed by atoms with Gasteiger partial charge in [-0.3, -0.25) is 9.21 Å². The standard InChI is InChI=1S/C20H20N2O2S/c1-15-8-10-16(11-9-15)25(23,24)22-14-20-13-21(20)12-4-6-18(20)17-5-2-3-7-19(17)22/h2-11,18H,12-14H2,1H3/t18-,20-,21?/m0/s1. The lowest BCUT2D eigenvalue weighted by Crippen LogP contribution is -2.49. The van der Waals surface area contributed by atoms with Gasteiger partial charge in [0.1, 0.15) is 0 Å². The molecule has 0 bridgehead atoms. The molecule has 2 aromatic rings. The van der Waals surface area contributed by atoms with Crippen LogP contribution in [0.2, 0.25) is 0 Å². The second kappa shape index (κ2) is 4.96. The summed E-state index contributed by atoms with van der Waals surface area (Å²) in [6.07, 6.45) is 4.47. The molecule has 0 aliphatic carbocycles. The Bertz CT molecular complexity index is 981. The first-order valence-corrected chi connectivity index (χ1v) is 10.1. The minimum atomic E-state index is -3.57. The van der Waals surface area contributed by atoms with Crippen molar-refractivity contribution < 1.29 is 8.42 Å². The van der Waals surface area contributed by atoms with Crippen LogP contribution in [0.5, 0.6) is 0 Å². The van der Waals surface area contributed by atoms with Crippen LogP contribution in [0.15, 0.2) is 65.6 Å². The third-order valence-corrected chi connectivity index (χ3v) is 7.57. The maximum absolute atomic E-state index is 13.4. The third-order valence-electron chi connectivity index (χ3n) is 5.79. The zero-order valence-electron chi connectivity index (χ0n) is 14.1. The van der Waals surface area contributed by atoms with Crippen LogP contribution in [0.25, 0.3) is 0 Å². The number of aryl methyl sites for hydroxylation is 1. The molecule has 1 unspecified atom stereocenters. The maximum Gasteiger partial charge on any atom is 0.264 e. The van der Waals surface area contributed by atoms with Gasteiger partial charge < -0.3 is 0 Å². The van der Waals surface area contributed by atoms with Crippen LogP contribution in [-0.4, -0.2) is 38.5 Å². The van der Waals surface area contributed by atoms with Gasteiger partial charge in [0.25, 0.3) is 10.0 Å². The van der Waals surface area contributed by atoms with Crippen molar-refractivity contribution in [2.24, 2.45) is 0 Å². The monoisotopic (exact) mass is 352 g/mol. The van der Waals surface area contributed by atoms with Crippen LogP contribution in [0.3, 0.4) is 0 Å². The molecule has 5 heteroatoms. The molecule has 1 spiro atoms. The first kappa shape index (κ1) is 15.2. The highest BCUT2D eigenvalue weighted by Crippen LogP contribution is 2.54. The van der Waals surface area contributed by atoms with E-state index < -0.39 is 10.0 Å². The van der Waals surface area contributed by atoms with Crippen molar-refractivity contribution in [1.29, 1.82) is 0 Å². The van der Waals surface area contributed by atoms with E-state index in [2.05, 4.69) is 23.1 Å². The summed E-state index contributed by atoms with van der Waals surface area (Å²) in [7, 11) is -3.57. The van der Waals surface area contributed by atoms with Crippen LogP contribution in [0, 0.1) is 6.92 Å². The number of hydrogen-bond donors (Lipinski definition) is 0. The van der Waals surface area contributed by atoms with E-state index in [-0.39, 0.29) is 11.5 Å². The second-order valence-electron chi connectivity index (χ2n) is 7.27. The van der Waals surface area contributed by atoms with E-state index in [9.17, 15) is 8.42 Å². The summed E-state index contributed by atoms with van der Waals surface area (Å²) in [5.41, 5.74) is 2.92. The van der Waals surface area contributed by atoms with Gasteiger partial charge in [-0.1, -0.05) is 48.0 Å². The van der Waals surface area contributed by atoms with Crippen LogP contribution in [0.4, 0.5) is 5.69 Å². The highest BCUT2D eigenvalue weighted by atomic mass is 32.2. The van der Waals surface area contributed by atoms with E-state index in [1.54, 1.807) is 16.4 Å². The van der Waals surface area contributed by atoms with Crippen LogP contribution < -0.4 is 4.31 Å². The van der Waals surface area contributed by atoms with Crippen molar-refractivity contribution >= 4 is 15.7 Å². The average molecular weight is 352 g/mol. The van der Waals surface area contributed by atoms with Gasteiger partial charge in [0.15, 0.2) is 0 Å². The zero-order chi connectivity index (χ0) is 17.2. The molecular formula is C20H20N2O2S. The molecule has 25 heavy (non-hydrogen) atoms. The van der Waals surface area contributed by atoms with E-state index in [4.69, 9.17) is 0 Å². The molecular weight excluding hydrogens is 332 g/mol. The molecule has 2 aromatic carbocycles. The second-order valence-corrected chi connectivity index (χ2v) is 9.14. The molecule has 0 radical (unpaired) electrons. The number of fused-ring (bicyclic) bond motifs is 2. The van der Waals surface area contributed by atoms with Gasteiger partial charge >= 0.3 is 0 Å². The predicted molar refractivity (Wildman–Crippen MR) is 98.3 cm³/mol. The Kier molecular flexibility index (Phi) is 3.01. The number of sulfonamides is 1. The minimum Gasteiger partial charge on any atom is -0.288 e. The highest BCUT2D eigenvalue weighted by molar-refractivity contribution is 7.92. The lowest BCUT2D eigenvalue weighted by molar-refractivity contribution is 0.383. The SMILES string of the molecule is Cc1ccc(S(=O)(=O)N2C[C@]34CN3CC=C[C@H]4c3ccccc32)cc1. The Morgan fingerprint density at radius 2 is 1.80 bits per heavy atom. The number of benzene rings is 2. The molecule has 3 aliphatic heterocycles. The number of rotatable bonds is 2. The van der Waals surface area contributed by atoms with E-state index in [0.717, 1.165) is 29.9 Å². The molecule has 1 fully saturated rings.